The van der Waals surface area contributed by atoms with Gasteiger partial charge in [0.05, 0.1) is 5.60 Å². The molecule has 0 atom stereocenters. The van der Waals surface area contributed by atoms with Crippen molar-refractivity contribution >= 4 is 6.92 Å². The summed E-state index contributed by atoms with van der Waals surface area (Å²) in [5.41, 5.74) is -0.113. The summed E-state index contributed by atoms with van der Waals surface area (Å²) < 4.78 is 11.0. The molecule has 0 N–H and O–H groups in total. The van der Waals surface area contributed by atoms with Gasteiger partial charge in [-0.2, -0.15) is 0 Å². The van der Waals surface area contributed by atoms with Crippen LogP contribution in [0.2, 0.25) is 12.1 Å². The van der Waals surface area contributed by atoms with Gasteiger partial charge in [0.25, 0.3) is 6.92 Å². The van der Waals surface area contributed by atoms with E-state index in [9.17, 15) is 0 Å². The van der Waals surface area contributed by atoms with E-state index in [-0.39, 0.29) is 17.8 Å². The van der Waals surface area contributed by atoms with Crippen LogP contribution in [0.4, 0.5) is 0 Å². The molecule has 0 aromatic heterocycles. The summed E-state index contributed by atoms with van der Waals surface area (Å²) in [5, 5.41) is 0.182. The summed E-state index contributed by atoms with van der Waals surface area (Å²) in [5.74, 6) is 0. The molecule has 0 aromatic rings. The van der Waals surface area contributed by atoms with Gasteiger partial charge in [0.2, 0.25) is 0 Å². The fraction of sp³-hybridized carbons (Fsp3) is 1.00. The molecule has 0 radical (unpaired) electrons. The second-order valence-corrected chi connectivity index (χ2v) is 5.55. The third-order valence-electron chi connectivity index (χ3n) is 2.03. The Bertz CT molecular complexity index is 144. The van der Waals surface area contributed by atoms with Gasteiger partial charge in [-0.25, -0.2) is 0 Å². The minimum absolute atomic E-state index is 0.113. The summed E-state index contributed by atoms with van der Waals surface area (Å²) >= 11 is 0. The lowest BCUT2D eigenvalue weighted by atomic mass is 9.50. The van der Waals surface area contributed by atoms with Gasteiger partial charge in [-0.1, -0.05) is 27.6 Å². The zero-order chi connectivity index (χ0) is 10.7. The van der Waals surface area contributed by atoms with Crippen LogP contribution in [0.3, 0.4) is 0 Å². The van der Waals surface area contributed by atoms with Crippen molar-refractivity contribution < 1.29 is 9.39 Å². The lowest BCUT2D eigenvalue weighted by molar-refractivity contribution is -0.0786. The summed E-state index contributed by atoms with van der Waals surface area (Å²) in [6.45, 7) is 15.2. The maximum atomic E-state index is 5.56. The van der Waals surface area contributed by atoms with Crippen LogP contribution in [-0.2, 0) is 9.39 Å². The van der Waals surface area contributed by atoms with Gasteiger partial charge >= 0.3 is 0 Å². The quantitative estimate of drug-likeness (QED) is 0.497. The standard InChI is InChI=1S/C10H23BO2/c1-9(2,3)11(7)13-8-12-10(4,5)6/h8H2,1-7H3. The largest absolute Gasteiger partial charge is 0.414 e. The van der Waals surface area contributed by atoms with Gasteiger partial charge in [0, 0.05) is 0 Å². The lowest BCUT2D eigenvalue weighted by Gasteiger charge is -2.26. The van der Waals surface area contributed by atoms with Crippen molar-refractivity contribution in [3.05, 3.63) is 0 Å². The number of rotatable bonds is 3. The zero-order valence-corrected chi connectivity index (χ0v) is 10.1. The molecule has 0 saturated heterocycles. The topological polar surface area (TPSA) is 18.5 Å². The number of hydrogen-bond donors (Lipinski definition) is 0. The van der Waals surface area contributed by atoms with Crippen molar-refractivity contribution in [1.82, 2.24) is 0 Å². The molecular weight excluding hydrogens is 163 g/mol. The molecule has 13 heavy (non-hydrogen) atoms. The molecule has 78 valence electrons. The third kappa shape index (κ3) is 7.09. The minimum Gasteiger partial charge on any atom is -0.414 e. The van der Waals surface area contributed by atoms with Crippen LogP contribution >= 0.6 is 0 Å². The molecule has 0 saturated carbocycles. The predicted molar refractivity (Wildman–Crippen MR) is 58.1 cm³/mol. The molecule has 0 aliphatic rings. The van der Waals surface area contributed by atoms with Crippen molar-refractivity contribution in [3.8, 4) is 0 Å². The molecule has 0 spiro atoms. The molecule has 3 heteroatoms. The van der Waals surface area contributed by atoms with Gasteiger partial charge in [0.15, 0.2) is 0 Å². The minimum atomic E-state index is -0.113. The van der Waals surface area contributed by atoms with Gasteiger partial charge in [-0.15, -0.1) is 0 Å². The van der Waals surface area contributed by atoms with E-state index in [4.69, 9.17) is 9.39 Å². The molecule has 0 aliphatic carbocycles. The maximum absolute atomic E-state index is 5.56. The molecule has 0 aliphatic heterocycles. The Hall–Kier alpha value is -0.0151. The molecule has 0 heterocycles. The Morgan fingerprint density at radius 1 is 1.00 bits per heavy atom. The number of hydrogen-bond acceptors (Lipinski definition) is 2. The molecule has 0 unspecified atom stereocenters. The van der Waals surface area contributed by atoms with E-state index in [1.165, 1.54) is 0 Å². The highest BCUT2D eigenvalue weighted by Crippen LogP contribution is 2.27. The van der Waals surface area contributed by atoms with Gasteiger partial charge < -0.3 is 9.39 Å². The Labute approximate surface area is 83.1 Å². The average molecular weight is 186 g/mol. The Balaban J connectivity index is 3.67. The van der Waals surface area contributed by atoms with Crippen molar-refractivity contribution in [1.29, 1.82) is 0 Å². The van der Waals surface area contributed by atoms with Crippen molar-refractivity contribution in [2.24, 2.45) is 0 Å². The van der Waals surface area contributed by atoms with Crippen LogP contribution in [0.1, 0.15) is 41.5 Å². The van der Waals surface area contributed by atoms with Gasteiger partial charge in [0.1, 0.15) is 6.79 Å². The monoisotopic (exact) mass is 186 g/mol. The molecule has 0 aromatic carbocycles. The fourth-order valence-electron chi connectivity index (χ4n) is 0.563. The summed E-state index contributed by atoms with van der Waals surface area (Å²) in [6.07, 6.45) is 0. The van der Waals surface area contributed by atoms with Crippen LogP contribution in [0.15, 0.2) is 0 Å². The first-order valence-corrected chi connectivity index (χ1v) is 4.88. The van der Waals surface area contributed by atoms with E-state index in [0.717, 1.165) is 0 Å². The Morgan fingerprint density at radius 2 is 1.46 bits per heavy atom. The molecule has 0 fully saturated rings. The molecule has 0 amide bonds. The van der Waals surface area contributed by atoms with Crippen LogP contribution < -0.4 is 0 Å². The van der Waals surface area contributed by atoms with E-state index in [2.05, 4.69) is 27.6 Å². The van der Waals surface area contributed by atoms with E-state index < -0.39 is 0 Å². The molecular formula is C10H23BO2. The van der Waals surface area contributed by atoms with Crippen LogP contribution in [0.5, 0.6) is 0 Å². The van der Waals surface area contributed by atoms with E-state index >= 15 is 0 Å². The predicted octanol–water partition coefficient (Wildman–Crippen LogP) is 3.20. The fourth-order valence-corrected chi connectivity index (χ4v) is 0.563. The second kappa shape index (κ2) is 4.47. The van der Waals surface area contributed by atoms with Gasteiger partial charge in [-0.3, -0.25) is 0 Å². The smallest absolute Gasteiger partial charge is 0.298 e. The third-order valence-corrected chi connectivity index (χ3v) is 2.03. The highest BCUT2D eigenvalue weighted by Gasteiger charge is 2.26. The zero-order valence-electron chi connectivity index (χ0n) is 10.1. The second-order valence-electron chi connectivity index (χ2n) is 5.55. The first-order valence-electron chi connectivity index (χ1n) is 4.88. The SMILES string of the molecule is CB(OCOC(C)(C)C)C(C)(C)C. The highest BCUT2D eigenvalue weighted by molar-refractivity contribution is 6.53. The van der Waals surface area contributed by atoms with Crippen molar-refractivity contribution in [2.75, 3.05) is 6.79 Å². The Morgan fingerprint density at radius 3 is 1.77 bits per heavy atom. The first kappa shape index (κ1) is 13.0. The van der Waals surface area contributed by atoms with E-state index in [1.54, 1.807) is 0 Å². The normalized spacial score (nSPS) is 13.2. The van der Waals surface area contributed by atoms with Crippen molar-refractivity contribution in [2.45, 2.75) is 59.3 Å². The molecule has 0 rings (SSSR count). The first-order chi connectivity index (χ1) is 5.63. The molecule has 0 bridgehead atoms. The summed E-state index contributed by atoms with van der Waals surface area (Å²) in [6, 6.07) is 0. The van der Waals surface area contributed by atoms with Crippen LogP contribution in [-0.4, -0.2) is 19.3 Å². The van der Waals surface area contributed by atoms with Crippen LogP contribution in [0.25, 0.3) is 0 Å². The van der Waals surface area contributed by atoms with Crippen LogP contribution in [0, 0.1) is 0 Å². The number of ether oxygens (including phenoxy) is 1. The average Bonchev–Trinajstić information content (AvgIpc) is 1.82. The van der Waals surface area contributed by atoms with E-state index in [0.29, 0.717) is 6.79 Å². The van der Waals surface area contributed by atoms with Gasteiger partial charge in [-0.05, 0) is 26.1 Å². The van der Waals surface area contributed by atoms with Crippen molar-refractivity contribution in [3.63, 3.8) is 0 Å². The maximum Gasteiger partial charge on any atom is 0.298 e. The summed E-state index contributed by atoms with van der Waals surface area (Å²) in [7, 11) is 0. The summed E-state index contributed by atoms with van der Waals surface area (Å²) in [4.78, 5) is 0. The lowest BCUT2D eigenvalue weighted by Crippen LogP contribution is -2.29. The van der Waals surface area contributed by atoms with E-state index in [1.807, 2.05) is 20.8 Å². The Kier molecular flexibility index (Phi) is 4.47. The highest BCUT2D eigenvalue weighted by atomic mass is 16.7. The molecule has 2 nitrogen and oxygen atoms in total.